The number of aliphatic imine (C=N–C) groups is 1. The fraction of sp³-hybridized carbons (Fsp3) is 0.389. The molecule has 1 aromatic heterocycles. The Kier molecular flexibility index (Phi) is 9.71. The first-order valence-corrected chi connectivity index (χ1v) is 8.06. The lowest BCUT2D eigenvalue weighted by atomic mass is 10.2. The van der Waals surface area contributed by atoms with Gasteiger partial charge < -0.3 is 29.4 Å². The fourth-order valence-electron chi connectivity index (χ4n) is 2.47. The Morgan fingerprint density at radius 3 is 2.12 bits per heavy atom. The molecule has 0 unspecified atom stereocenters. The first-order valence-electron chi connectivity index (χ1n) is 8.06. The van der Waals surface area contributed by atoms with Crippen LogP contribution in [-0.2, 0) is 13.1 Å². The molecule has 7 nitrogen and oxygen atoms in total. The van der Waals surface area contributed by atoms with Crippen molar-refractivity contribution in [2.24, 2.45) is 4.99 Å². The Labute approximate surface area is 171 Å². The van der Waals surface area contributed by atoms with Crippen LogP contribution in [0, 0.1) is 0 Å². The molecule has 144 valence electrons. The molecule has 2 rings (SSSR count). The van der Waals surface area contributed by atoms with Gasteiger partial charge in [-0.05, 0) is 29.8 Å². The molecule has 0 atom stereocenters. The summed E-state index contributed by atoms with van der Waals surface area (Å²) in [5.41, 5.74) is 1.00. The largest absolute Gasteiger partial charge is 0.493 e. The summed E-state index contributed by atoms with van der Waals surface area (Å²) in [6.07, 6.45) is 4.07. The van der Waals surface area contributed by atoms with Gasteiger partial charge in [0.1, 0.15) is 0 Å². The maximum atomic E-state index is 5.38. The number of hydrogen-bond acceptors (Lipinski definition) is 4. The van der Waals surface area contributed by atoms with Crippen LogP contribution in [0.4, 0.5) is 0 Å². The van der Waals surface area contributed by atoms with E-state index in [-0.39, 0.29) is 24.0 Å². The van der Waals surface area contributed by atoms with Crippen LogP contribution in [0.1, 0.15) is 5.56 Å². The summed E-state index contributed by atoms with van der Waals surface area (Å²) >= 11 is 0. The number of benzene rings is 1. The van der Waals surface area contributed by atoms with E-state index in [9.17, 15) is 0 Å². The molecular weight excluding hydrogens is 447 g/mol. The topological polar surface area (TPSA) is 69.0 Å². The van der Waals surface area contributed by atoms with Gasteiger partial charge in [0.25, 0.3) is 0 Å². The van der Waals surface area contributed by atoms with Crippen molar-refractivity contribution in [3.8, 4) is 17.2 Å². The van der Waals surface area contributed by atoms with Gasteiger partial charge in [0.15, 0.2) is 17.5 Å². The van der Waals surface area contributed by atoms with Crippen molar-refractivity contribution in [1.29, 1.82) is 0 Å². The molecule has 0 aliphatic carbocycles. The van der Waals surface area contributed by atoms with Gasteiger partial charge >= 0.3 is 0 Å². The van der Waals surface area contributed by atoms with Crippen LogP contribution in [0.3, 0.4) is 0 Å². The second-order valence-corrected chi connectivity index (χ2v) is 5.31. The van der Waals surface area contributed by atoms with Gasteiger partial charge in [-0.2, -0.15) is 0 Å². The molecule has 0 radical (unpaired) electrons. The van der Waals surface area contributed by atoms with Crippen LogP contribution in [0.25, 0.3) is 0 Å². The van der Waals surface area contributed by atoms with Crippen molar-refractivity contribution < 1.29 is 14.2 Å². The Morgan fingerprint density at radius 1 is 1.00 bits per heavy atom. The Morgan fingerprint density at radius 2 is 1.62 bits per heavy atom. The predicted octanol–water partition coefficient (Wildman–Crippen LogP) is 2.50. The van der Waals surface area contributed by atoms with Gasteiger partial charge in [-0.25, -0.2) is 0 Å². The number of hydrogen-bond donors (Lipinski definition) is 2. The molecule has 1 aromatic carbocycles. The normalized spacial score (nSPS) is 10.7. The lowest BCUT2D eigenvalue weighted by molar-refractivity contribution is 0.323. The van der Waals surface area contributed by atoms with Gasteiger partial charge in [-0.3, -0.25) is 4.99 Å². The number of ether oxygens (including phenoxy) is 3. The SMILES string of the molecule is CN=C(NCCn1cccc1)NCc1cc(OC)c(OC)c(OC)c1.I. The van der Waals surface area contributed by atoms with Crippen molar-refractivity contribution in [3.05, 3.63) is 42.2 Å². The maximum Gasteiger partial charge on any atom is 0.203 e. The highest BCUT2D eigenvalue weighted by molar-refractivity contribution is 14.0. The summed E-state index contributed by atoms with van der Waals surface area (Å²) in [6, 6.07) is 7.86. The Hall–Kier alpha value is -2.10. The zero-order valence-corrected chi connectivity index (χ0v) is 17.9. The third kappa shape index (κ3) is 6.01. The molecule has 0 saturated heterocycles. The molecule has 0 fully saturated rings. The van der Waals surface area contributed by atoms with Crippen LogP contribution >= 0.6 is 24.0 Å². The monoisotopic (exact) mass is 474 g/mol. The van der Waals surface area contributed by atoms with Crippen molar-refractivity contribution in [2.45, 2.75) is 13.1 Å². The molecule has 26 heavy (non-hydrogen) atoms. The number of guanidine groups is 1. The maximum absolute atomic E-state index is 5.38. The van der Waals surface area contributed by atoms with E-state index in [4.69, 9.17) is 14.2 Å². The molecule has 0 aliphatic rings. The zero-order valence-electron chi connectivity index (χ0n) is 15.6. The Bertz CT molecular complexity index is 665. The van der Waals surface area contributed by atoms with Crippen LogP contribution in [0.15, 0.2) is 41.7 Å². The smallest absolute Gasteiger partial charge is 0.203 e. The minimum atomic E-state index is 0. The lowest BCUT2D eigenvalue weighted by Gasteiger charge is -2.16. The first-order chi connectivity index (χ1) is 12.2. The van der Waals surface area contributed by atoms with E-state index >= 15 is 0 Å². The van der Waals surface area contributed by atoms with Gasteiger partial charge in [-0.15, -0.1) is 24.0 Å². The van der Waals surface area contributed by atoms with E-state index in [1.807, 2.05) is 36.7 Å². The number of nitrogens with zero attached hydrogens (tertiary/aromatic N) is 2. The summed E-state index contributed by atoms with van der Waals surface area (Å²) < 4.78 is 18.2. The molecule has 0 spiro atoms. The lowest BCUT2D eigenvalue weighted by Crippen LogP contribution is -2.38. The van der Waals surface area contributed by atoms with Gasteiger partial charge in [0.05, 0.1) is 21.3 Å². The van der Waals surface area contributed by atoms with E-state index in [1.54, 1.807) is 28.4 Å². The molecule has 0 bridgehead atoms. The molecule has 0 saturated carbocycles. The number of rotatable bonds is 8. The highest BCUT2D eigenvalue weighted by atomic mass is 127. The molecule has 8 heteroatoms. The summed E-state index contributed by atoms with van der Waals surface area (Å²) in [4.78, 5) is 4.24. The second kappa shape index (κ2) is 11.5. The average Bonchev–Trinajstić information content (AvgIpc) is 3.16. The van der Waals surface area contributed by atoms with Crippen molar-refractivity contribution >= 4 is 29.9 Å². The quantitative estimate of drug-likeness (QED) is 0.350. The van der Waals surface area contributed by atoms with E-state index in [0.29, 0.717) is 23.8 Å². The van der Waals surface area contributed by atoms with Gasteiger partial charge in [-0.1, -0.05) is 0 Å². The number of aromatic nitrogens is 1. The van der Waals surface area contributed by atoms with E-state index < -0.39 is 0 Å². The summed E-state index contributed by atoms with van der Waals surface area (Å²) in [6.45, 7) is 2.24. The van der Waals surface area contributed by atoms with Crippen molar-refractivity contribution in [2.75, 3.05) is 34.9 Å². The summed E-state index contributed by atoms with van der Waals surface area (Å²) in [7, 11) is 6.56. The van der Waals surface area contributed by atoms with Gasteiger partial charge in [0.2, 0.25) is 5.75 Å². The third-order valence-electron chi connectivity index (χ3n) is 3.74. The molecule has 0 aliphatic heterocycles. The van der Waals surface area contributed by atoms with Crippen molar-refractivity contribution in [1.82, 2.24) is 15.2 Å². The molecule has 0 amide bonds. The zero-order chi connectivity index (χ0) is 18.1. The van der Waals surface area contributed by atoms with E-state index in [0.717, 1.165) is 24.6 Å². The first kappa shape index (κ1) is 21.9. The van der Waals surface area contributed by atoms with Crippen molar-refractivity contribution in [3.63, 3.8) is 0 Å². The molecule has 2 N–H and O–H groups in total. The minimum absolute atomic E-state index is 0. The fourth-order valence-corrected chi connectivity index (χ4v) is 2.47. The number of halogens is 1. The number of nitrogens with one attached hydrogen (secondary N) is 2. The van der Waals surface area contributed by atoms with Crippen LogP contribution in [-0.4, -0.2) is 45.4 Å². The second-order valence-electron chi connectivity index (χ2n) is 5.31. The minimum Gasteiger partial charge on any atom is -0.493 e. The van der Waals surface area contributed by atoms with Crippen LogP contribution in [0.2, 0.25) is 0 Å². The summed E-state index contributed by atoms with van der Waals surface area (Å²) in [5, 5.41) is 6.57. The number of methoxy groups -OCH3 is 3. The van der Waals surface area contributed by atoms with Crippen LogP contribution < -0.4 is 24.8 Å². The molecule has 1 heterocycles. The predicted molar refractivity (Wildman–Crippen MR) is 114 cm³/mol. The third-order valence-corrected chi connectivity index (χ3v) is 3.74. The average molecular weight is 474 g/mol. The van der Waals surface area contributed by atoms with Crippen LogP contribution in [0.5, 0.6) is 17.2 Å². The Balaban J connectivity index is 0.00000338. The standard InChI is InChI=1S/C18H26N4O3.HI/c1-19-18(20-7-10-22-8-5-6-9-22)21-13-14-11-15(23-2)17(25-4)16(12-14)24-3;/h5-6,8-9,11-12H,7,10,13H2,1-4H3,(H2,19,20,21);1H. The summed E-state index contributed by atoms with van der Waals surface area (Å²) in [5.74, 6) is 2.59. The van der Waals surface area contributed by atoms with E-state index in [1.165, 1.54) is 0 Å². The van der Waals surface area contributed by atoms with E-state index in [2.05, 4.69) is 20.2 Å². The van der Waals surface area contributed by atoms with Gasteiger partial charge in [0, 0.05) is 39.1 Å². The highest BCUT2D eigenvalue weighted by Crippen LogP contribution is 2.38. The molecule has 2 aromatic rings. The highest BCUT2D eigenvalue weighted by Gasteiger charge is 2.13. The molecular formula is C18H27IN4O3.